The van der Waals surface area contributed by atoms with Crippen molar-refractivity contribution in [3.05, 3.63) is 29.3 Å². The molecule has 1 aliphatic carbocycles. The van der Waals surface area contributed by atoms with Crippen LogP contribution in [0.1, 0.15) is 73.7 Å². The fourth-order valence-corrected chi connectivity index (χ4v) is 7.19. The Kier molecular flexibility index (Phi) is 6.50. The molecule has 0 bridgehead atoms. The van der Waals surface area contributed by atoms with Crippen LogP contribution < -0.4 is 10.1 Å². The van der Waals surface area contributed by atoms with Crippen LogP contribution in [0.2, 0.25) is 0 Å². The molecular weight excluding hydrogens is 456 g/mol. The highest BCUT2D eigenvalue weighted by atomic mass is 16.5. The van der Waals surface area contributed by atoms with Crippen molar-refractivity contribution in [2.45, 2.75) is 88.6 Å². The third-order valence-electron chi connectivity index (χ3n) is 9.23. The number of nitrogens with one attached hydrogen (secondary N) is 1. The van der Waals surface area contributed by atoms with Crippen molar-refractivity contribution in [1.29, 1.82) is 0 Å². The lowest BCUT2D eigenvalue weighted by atomic mass is 9.81. The van der Waals surface area contributed by atoms with Crippen molar-refractivity contribution in [3.8, 4) is 5.75 Å². The van der Waals surface area contributed by atoms with E-state index in [1.165, 1.54) is 58.2 Å². The van der Waals surface area contributed by atoms with Crippen LogP contribution in [0.25, 0.3) is 0 Å². The Bertz CT molecular complexity index is 1040. The van der Waals surface area contributed by atoms with Crippen molar-refractivity contribution in [1.82, 2.24) is 20.0 Å². The molecule has 4 atom stereocenters. The minimum absolute atomic E-state index is 0.138. The van der Waals surface area contributed by atoms with Crippen LogP contribution in [0.4, 0.5) is 0 Å². The number of fused-ring (bicyclic) bond motifs is 1. The van der Waals surface area contributed by atoms with Gasteiger partial charge in [0.25, 0.3) is 5.91 Å². The maximum atomic E-state index is 13.0. The van der Waals surface area contributed by atoms with Crippen molar-refractivity contribution >= 4 is 17.7 Å². The molecule has 4 heterocycles. The van der Waals surface area contributed by atoms with Gasteiger partial charge >= 0.3 is 0 Å². The van der Waals surface area contributed by atoms with Crippen LogP contribution in [-0.2, 0) is 16.1 Å². The number of hydrogen-bond acceptors (Lipinski definition) is 6. The molecule has 1 N–H and O–H groups in total. The zero-order valence-corrected chi connectivity index (χ0v) is 21.3. The highest BCUT2D eigenvalue weighted by Crippen LogP contribution is 2.36. The first-order valence-electron chi connectivity index (χ1n) is 13.9. The second-order valence-electron chi connectivity index (χ2n) is 11.5. The fourth-order valence-electron chi connectivity index (χ4n) is 7.19. The second kappa shape index (κ2) is 9.78. The van der Waals surface area contributed by atoms with Crippen molar-refractivity contribution < 1.29 is 19.1 Å². The van der Waals surface area contributed by atoms with Crippen LogP contribution >= 0.6 is 0 Å². The Morgan fingerprint density at radius 2 is 1.72 bits per heavy atom. The largest absolute Gasteiger partial charge is 0.489 e. The summed E-state index contributed by atoms with van der Waals surface area (Å²) in [6, 6.07) is 6.35. The number of benzene rings is 1. The summed E-state index contributed by atoms with van der Waals surface area (Å²) in [5.74, 6) is 0.814. The molecule has 5 aliphatic rings. The molecule has 0 spiro atoms. The molecule has 3 amide bonds. The number of ether oxygens (including phenoxy) is 1. The predicted molar refractivity (Wildman–Crippen MR) is 134 cm³/mol. The van der Waals surface area contributed by atoms with Gasteiger partial charge in [0.05, 0.1) is 0 Å². The van der Waals surface area contributed by atoms with Crippen molar-refractivity contribution in [2.24, 2.45) is 5.92 Å². The van der Waals surface area contributed by atoms with Gasteiger partial charge in [-0.05, 0) is 81.8 Å². The van der Waals surface area contributed by atoms with Crippen LogP contribution in [0, 0.1) is 5.92 Å². The van der Waals surface area contributed by atoms with Gasteiger partial charge in [-0.3, -0.25) is 24.6 Å². The number of piperidine rings is 2. The number of nitrogens with zero attached hydrogens (tertiary/aromatic N) is 3. The Morgan fingerprint density at radius 1 is 0.944 bits per heavy atom. The summed E-state index contributed by atoms with van der Waals surface area (Å²) in [6.45, 7) is 3.98. The van der Waals surface area contributed by atoms with Gasteiger partial charge < -0.3 is 14.5 Å². The number of likely N-dealkylation sites (tertiary alicyclic amines) is 2. The van der Waals surface area contributed by atoms with E-state index in [-0.39, 0.29) is 30.2 Å². The Morgan fingerprint density at radius 3 is 2.53 bits per heavy atom. The smallest absolute Gasteiger partial charge is 0.255 e. The molecule has 36 heavy (non-hydrogen) atoms. The minimum Gasteiger partial charge on any atom is -0.489 e. The summed E-state index contributed by atoms with van der Waals surface area (Å²) in [7, 11) is 2.29. The molecule has 6 rings (SSSR count). The second-order valence-corrected chi connectivity index (χ2v) is 11.5. The third kappa shape index (κ3) is 4.43. The number of amides is 3. The first kappa shape index (κ1) is 23.9. The van der Waals surface area contributed by atoms with Gasteiger partial charge in [0.15, 0.2) is 0 Å². The molecule has 1 saturated carbocycles. The molecule has 8 nitrogen and oxygen atoms in total. The molecule has 2 unspecified atom stereocenters. The van der Waals surface area contributed by atoms with Gasteiger partial charge in [-0.1, -0.05) is 12.8 Å². The van der Waals surface area contributed by atoms with E-state index in [9.17, 15) is 14.4 Å². The van der Waals surface area contributed by atoms with Gasteiger partial charge in [0.2, 0.25) is 11.8 Å². The summed E-state index contributed by atoms with van der Waals surface area (Å²) in [6.07, 6.45) is 9.55. The summed E-state index contributed by atoms with van der Waals surface area (Å²) in [4.78, 5) is 43.7. The molecule has 4 fully saturated rings. The van der Waals surface area contributed by atoms with E-state index in [1.807, 2.05) is 18.2 Å². The summed E-state index contributed by atoms with van der Waals surface area (Å²) in [5, 5.41) is 2.37. The molecule has 0 radical (unpaired) electrons. The zero-order chi connectivity index (χ0) is 24.8. The Labute approximate surface area is 213 Å². The van der Waals surface area contributed by atoms with Gasteiger partial charge in [-0.2, -0.15) is 0 Å². The summed E-state index contributed by atoms with van der Waals surface area (Å²) >= 11 is 0. The van der Waals surface area contributed by atoms with Crippen LogP contribution in [0.5, 0.6) is 5.75 Å². The van der Waals surface area contributed by atoms with Crippen LogP contribution in [0.15, 0.2) is 18.2 Å². The number of carbonyl (C=O) groups is 3. The summed E-state index contributed by atoms with van der Waals surface area (Å²) in [5.41, 5.74) is 1.54. The molecule has 194 valence electrons. The fraction of sp³-hybridized carbons (Fsp3) is 0.679. The lowest BCUT2D eigenvalue weighted by Crippen LogP contribution is -2.62. The standard InChI is InChI=1S/C28H38N4O4/c1-30-13-5-4-6-22(30)19-15-31(16-19)23-7-2-3-8-25(23)36-20-9-10-21-18(14-20)17-32(28(21)35)24-11-12-26(33)29-27(24)34/h9-10,14,19,22-25H,2-8,11-13,15-17H2,1H3,(H,29,33,34)/t22?,23-,24?,25-/m0/s1. The molecule has 0 aromatic heterocycles. The summed E-state index contributed by atoms with van der Waals surface area (Å²) < 4.78 is 6.60. The van der Waals surface area contributed by atoms with Crippen molar-refractivity contribution in [3.63, 3.8) is 0 Å². The van der Waals surface area contributed by atoms with Gasteiger partial charge in [0.1, 0.15) is 17.9 Å². The molecule has 8 heteroatoms. The topological polar surface area (TPSA) is 82.2 Å². The maximum Gasteiger partial charge on any atom is 0.255 e. The normalized spacial score (nSPS) is 32.2. The van der Waals surface area contributed by atoms with Crippen LogP contribution in [0.3, 0.4) is 0 Å². The van der Waals surface area contributed by atoms with E-state index >= 15 is 0 Å². The first-order valence-corrected chi connectivity index (χ1v) is 13.9. The molecule has 4 aliphatic heterocycles. The lowest BCUT2D eigenvalue weighted by Gasteiger charge is -2.52. The molecule has 1 aromatic rings. The zero-order valence-electron chi connectivity index (χ0n) is 21.3. The van der Waals surface area contributed by atoms with E-state index in [2.05, 4.69) is 22.2 Å². The average Bonchev–Trinajstić information content (AvgIpc) is 3.16. The van der Waals surface area contributed by atoms with E-state index in [0.29, 0.717) is 24.6 Å². The highest BCUT2D eigenvalue weighted by Gasteiger charge is 2.43. The Balaban J connectivity index is 1.10. The highest BCUT2D eigenvalue weighted by molar-refractivity contribution is 6.05. The third-order valence-corrected chi connectivity index (χ3v) is 9.23. The average molecular weight is 495 g/mol. The first-order chi connectivity index (χ1) is 17.5. The lowest BCUT2D eigenvalue weighted by molar-refractivity contribution is -0.136. The molecule has 3 saturated heterocycles. The quantitative estimate of drug-likeness (QED) is 0.634. The molecular formula is C28H38N4O4. The van der Waals surface area contributed by atoms with Gasteiger partial charge in [-0.25, -0.2) is 0 Å². The SMILES string of the molecule is CN1CCCCC1C1CN([C@H]2CCCC[C@@H]2Oc2ccc3c(c2)CN(C2CCC(=O)NC2=O)C3=O)C1. The van der Waals surface area contributed by atoms with Crippen molar-refractivity contribution in [2.75, 3.05) is 26.7 Å². The Hall–Kier alpha value is -2.45. The number of hydrogen-bond donors (Lipinski definition) is 1. The number of rotatable bonds is 5. The van der Waals surface area contributed by atoms with Gasteiger partial charge in [-0.15, -0.1) is 0 Å². The van der Waals surface area contributed by atoms with E-state index < -0.39 is 6.04 Å². The number of carbonyl (C=O) groups excluding carboxylic acids is 3. The van der Waals surface area contributed by atoms with Gasteiger partial charge in [0, 0.05) is 43.7 Å². The monoisotopic (exact) mass is 494 g/mol. The van der Waals surface area contributed by atoms with E-state index in [4.69, 9.17) is 4.74 Å². The number of imide groups is 1. The van der Waals surface area contributed by atoms with E-state index in [0.717, 1.165) is 29.7 Å². The minimum atomic E-state index is -0.586. The molecule has 1 aromatic carbocycles. The maximum absolute atomic E-state index is 13.0. The van der Waals surface area contributed by atoms with E-state index in [1.54, 1.807) is 4.90 Å². The predicted octanol–water partition coefficient (Wildman–Crippen LogP) is 2.55. The van der Waals surface area contributed by atoms with Crippen LogP contribution in [-0.4, -0.2) is 83.3 Å².